The van der Waals surface area contributed by atoms with Crippen molar-refractivity contribution < 1.29 is 8.42 Å². The predicted octanol–water partition coefficient (Wildman–Crippen LogP) is 4.29. The van der Waals surface area contributed by atoms with E-state index in [-0.39, 0.29) is 0 Å². The van der Waals surface area contributed by atoms with Crippen LogP contribution < -0.4 is 5.32 Å². The van der Waals surface area contributed by atoms with Crippen molar-refractivity contribution >= 4 is 26.9 Å². The summed E-state index contributed by atoms with van der Waals surface area (Å²) in [6.45, 7) is 0. The van der Waals surface area contributed by atoms with E-state index in [1.807, 2.05) is 42.5 Å². The van der Waals surface area contributed by atoms with Gasteiger partial charge in [-0.2, -0.15) is 0 Å². The van der Waals surface area contributed by atoms with Crippen molar-refractivity contribution in [2.24, 2.45) is 0 Å². The van der Waals surface area contributed by atoms with Gasteiger partial charge in [-0.3, -0.25) is 0 Å². The number of nitrogens with one attached hydrogen (secondary N) is 1. The maximum atomic E-state index is 12.8. The summed E-state index contributed by atoms with van der Waals surface area (Å²) < 4.78 is 26.0. The summed E-state index contributed by atoms with van der Waals surface area (Å²) in [7, 11) is -1.78. The zero-order valence-corrected chi connectivity index (χ0v) is 13.6. The predicted molar refractivity (Wildman–Crippen MR) is 91.2 cm³/mol. The van der Waals surface area contributed by atoms with Crippen LogP contribution in [0.25, 0.3) is 10.4 Å². The molecule has 5 heteroatoms. The van der Waals surface area contributed by atoms with E-state index in [1.165, 1.54) is 11.3 Å². The fraction of sp³-hybridized carbons (Fsp3) is 0.0588. The zero-order valence-electron chi connectivity index (χ0n) is 12.0. The van der Waals surface area contributed by atoms with Gasteiger partial charge in [0.05, 0.1) is 10.6 Å². The molecule has 0 aliphatic rings. The number of sulfone groups is 1. The Morgan fingerprint density at radius 3 is 2.09 bits per heavy atom. The maximum Gasteiger partial charge on any atom is 0.218 e. The highest BCUT2D eigenvalue weighted by atomic mass is 32.2. The summed E-state index contributed by atoms with van der Waals surface area (Å²) in [5.74, 6) is 0. The van der Waals surface area contributed by atoms with Crippen LogP contribution >= 0.6 is 11.3 Å². The Kier molecular flexibility index (Phi) is 4.00. The largest absolute Gasteiger partial charge is 0.386 e. The van der Waals surface area contributed by atoms with Gasteiger partial charge < -0.3 is 5.32 Å². The SMILES string of the molecule is CNc1cc(-c2ccccc2)sc1S(=O)(=O)c1ccccc1. The second-order valence-electron chi connectivity index (χ2n) is 4.74. The van der Waals surface area contributed by atoms with Crippen LogP contribution in [-0.2, 0) is 9.84 Å². The average molecular weight is 329 g/mol. The molecule has 0 saturated heterocycles. The number of hydrogen-bond donors (Lipinski definition) is 1. The third-order valence-corrected chi connectivity index (χ3v) is 6.81. The first-order valence-corrected chi connectivity index (χ1v) is 9.10. The van der Waals surface area contributed by atoms with Crippen LogP contribution in [0.5, 0.6) is 0 Å². The van der Waals surface area contributed by atoms with E-state index in [2.05, 4.69) is 5.32 Å². The molecule has 1 heterocycles. The van der Waals surface area contributed by atoms with Gasteiger partial charge in [0.25, 0.3) is 0 Å². The summed E-state index contributed by atoms with van der Waals surface area (Å²) >= 11 is 1.29. The molecule has 112 valence electrons. The molecule has 0 aliphatic heterocycles. The highest BCUT2D eigenvalue weighted by Crippen LogP contribution is 2.40. The normalized spacial score (nSPS) is 11.3. The number of benzene rings is 2. The van der Waals surface area contributed by atoms with Gasteiger partial charge in [-0.15, -0.1) is 11.3 Å². The standard InChI is InChI=1S/C17H15NO2S2/c1-18-15-12-16(13-8-4-2-5-9-13)21-17(15)22(19,20)14-10-6-3-7-11-14/h2-12,18H,1H3. The second kappa shape index (κ2) is 5.94. The molecule has 0 atom stereocenters. The van der Waals surface area contributed by atoms with Gasteiger partial charge in [0.2, 0.25) is 9.84 Å². The maximum absolute atomic E-state index is 12.8. The molecular formula is C17H15NO2S2. The van der Waals surface area contributed by atoms with Crippen LogP contribution in [0.3, 0.4) is 0 Å². The number of rotatable bonds is 4. The lowest BCUT2D eigenvalue weighted by molar-refractivity contribution is 0.598. The Morgan fingerprint density at radius 1 is 0.909 bits per heavy atom. The number of hydrogen-bond acceptors (Lipinski definition) is 4. The van der Waals surface area contributed by atoms with Gasteiger partial charge in [0.1, 0.15) is 4.21 Å². The molecule has 0 radical (unpaired) electrons. The average Bonchev–Trinajstić information content (AvgIpc) is 3.02. The molecule has 0 saturated carbocycles. The first-order chi connectivity index (χ1) is 10.6. The van der Waals surface area contributed by atoms with Crippen LogP contribution in [-0.4, -0.2) is 15.5 Å². The van der Waals surface area contributed by atoms with Crippen LogP contribution in [0, 0.1) is 0 Å². The highest BCUT2D eigenvalue weighted by molar-refractivity contribution is 7.93. The quantitative estimate of drug-likeness (QED) is 0.776. The topological polar surface area (TPSA) is 46.2 Å². The lowest BCUT2D eigenvalue weighted by atomic mass is 10.2. The molecule has 3 rings (SSSR count). The van der Waals surface area contributed by atoms with E-state index >= 15 is 0 Å². The molecular weight excluding hydrogens is 314 g/mol. The summed E-state index contributed by atoms with van der Waals surface area (Å²) in [4.78, 5) is 1.24. The minimum Gasteiger partial charge on any atom is -0.386 e. The van der Waals surface area contributed by atoms with E-state index in [0.29, 0.717) is 14.8 Å². The van der Waals surface area contributed by atoms with Gasteiger partial charge in [-0.05, 0) is 23.8 Å². The Hall–Kier alpha value is -2.11. The Bertz CT molecular complexity index is 870. The van der Waals surface area contributed by atoms with Crippen LogP contribution in [0.2, 0.25) is 0 Å². The van der Waals surface area contributed by atoms with Crippen molar-refractivity contribution in [3.8, 4) is 10.4 Å². The molecule has 0 spiro atoms. The molecule has 3 aromatic rings. The fourth-order valence-corrected chi connectivity index (χ4v) is 5.28. The Labute approximate surface area is 134 Å². The van der Waals surface area contributed by atoms with Crippen molar-refractivity contribution in [3.63, 3.8) is 0 Å². The van der Waals surface area contributed by atoms with Crippen LogP contribution in [0.1, 0.15) is 0 Å². The van der Waals surface area contributed by atoms with Gasteiger partial charge in [0, 0.05) is 11.9 Å². The lowest BCUT2D eigenvalue weighted by Crippen LogP contribution is -2.02. The smallest absolute Gasteiger partial charge is 0.218 e. The molecule has 22 heavy (non-hydrogen) atoms. The summed E-state index contributed by atoms with van der Waals surface area (Å²) in [5.41, 5.74) is 1.64. The molecule has 1 aromatic heterocycles. The first kappa shape index (κ1) is 14.8. The zero-order chi connectivity index (χ0) is 15.6. The van der Waals surface area contributed by atoms with Crippen molar-refractivity contribution in [1.82, 2.24) is 0 Å². The van der Waals surface area contributed by atoms with E-state index in [4.69, 9.17) is 0 Å². The van der Waals surface area contributed by atoms with E-state index < -0.39 is 9.84 Å². The van der Waals surface area contributed by atoms with Crippen molar-refractivity contribution in [2.75, 3.05) is 12.4 Å². The molecule has 0 unspecified atom stereocenters. The van der Waals surface area contributed by atoms with Gasteiger partial charge in [0.15, 0.2) is 0 Å². The van der Waals surface area contributed by atoms with Crippen LogP contribution in [0.15, 0.2) is 75.8 Å². The number of anilines is 1. The molecule has 0 aliphatic carbocycles. The molecule has 0 amide bonds. The second-order valence-corrected chi connectivity index (χ2v) is 7.94. The van der Waals surface area contributed by atoms with Gasteiger partial charge in [-0.25, -0.2) is 8.42 Å². The Morgan fingerprint density at radius 2 is 1.50 bits per heavy atom. The summed E-state index contributed by atoms with van der Waals surface area (Å²) in [6.07, 6.45) is 0. The van der Waals surface area contributed by atoms with Crippen molar-refractivity contribution in [2.45, 2.75) is 9.10 Å². The first-order valence-electron chi connectivity index (χ1n) is 6.80. The van der Waals surface area contributed by atoms with Crippen molar-refractivity contribution in [1.29, 1.82) is 0 Å². The van der Waals surface area contributed by atoms with E-state index in [9.17, 15) is 8.42 Å². The highest BCUT2D eigenvalue weighted by Gasteiger charge is 2.24. The fourth-order valence-electron chi connectivity index (χ4n) is 2.20. The van der Waals surface area contributed by atoms with Crippen LogP contribution in [0.4, 0.5) is 5.69 Å². The summed E-state index contributed by atoms with van der Waals surface area (Å²) in [6, 6.07) is 20.2. The molecule has 0 bridgehead atoms. The molecule has 0 fully saturated rings. The van der Waals surface area contributed by atoms with Gasteiger partial charge in [-0.1, -0.05) is 48.5 Å². The van der Waals surface area contributed by atoms with Crippen molar-refractivity contribution in [3.05, 3.63) is 66.7 Å². The number of thiophene rings is 1. The lowest BCUT2D eigenvalue weighted by Gasteiger charge is -2.04. The summed E-state index contributed by atoms with van der Waals surface area (Å²) in [5, 5.41) is 2.99. The third-order valence-electron chi connectivity index (χ3n) is 3.32. The Balaban J connectivity index is 2.14. The van der Waals surface area contributed by atoms with Gasteiger partial charge >= 0.3 is 0 Å². The monoisotopic (exact) mass is 329 g/mol. The molecule has 1 N–H and O–H groups in total. The molecule has 3 nitrogen and oxygen atoms in total. The van der Waals surface area contributed by atoms with E-state index in [1.54, 1.807) is 31.3 Å². The molecule has 2 aromatic carbocycles. The van der Waals surface area contributed by atoms with E-state index in [0.717, 1.165) is 10.4 Å². The minimum atomic E-state index is -3.51. The third kappa shape index (κ3) is 2.65. The minimum absolute atomic E-state index is 0.313.